The molecule has 164 valence electrons. The number of ether oxygens (including phenoxy) is 1. The van der Waals surface area contributed by atoms with Gasteiger partial charge in [-0.15, -0.1) is 0 Å². The molecule has 0 atom stereocenters. The lowest BCUT2D eigenvalue weighted by molar-refractivity contribution is 0.338. The second kappa shape index (κ2) is 9.08. The zero-order chi connectivity index (χ0) is 21.9. The molecule has 5 nitrogen and oxygen atoms in total. The monoisotopic (exact) mass is 427 g/mol. The van der Waals surface area contributed by atoms with E-state index in [4.69, 9.17) is 9.15 Å². The number of hydrogen-bond acceptors (Lipinski definition) is 5. The number of hydrogen-bond donors (Lipinski definition) is 1. The number of oxazole rings is 1. The van der Waals surface area contributed by atoms with Gasteiger partial charge in [-0.3, -0.25) is 0 Å². The van der Waals surface area contributed by atoms with Gasteiger partial charge in [0.25, 0.3) is 0 Å². The van der Waals surface area contributed by atoms with Crippen molar-refractivity contribution in [2.45, 2.75) is 50.4 Å². The summed E-state index contributed by atoms with van der Waals surface area (Å²) in [5.41, 5.74) is 5.05. The average Bonchev–Trinajstić information content (AvgIpc) is 3.59. The first-order chi connectivity index (χ1) is 15.7. The summed E-state index contributed by atoms with van der Waals surface area (Å²) >= 11 is 0. The third kappa shape index (κ3) is 4.50. The lowest BCUT2D eigenvalue weighted by Crippen LogP contribution is -2.20. The Morgan fingerprint density at radius 2 is 1.88 bits per heavy atom. The molecule has 5 rings (SSSR count). The Labute approximate surface area is 189 Å². The van der Waals surface area contributed by atoms with Crippen LogP contribution in [0.3, 0.4) is 0 Å². The summed E-state index contributed by atoms with van der Waals surface area (Å²) in [4.78, 5) is 4.67. The Kier molecular flexibility index (Phi) is 5.85. The summed E-state index contributed by atoms with van der Waals surface area (Å²) in [6.07, 6.45) is 8.88. The smallest absolute Gasteiger partial charge is 0.197 e. The van der Waals surface area contributed by atoms with Gasteiger partial charge in [0.15, 0.2) is 5.89 Å². The van der Waals surface area contributed by atoms with Gasteiger partial charge in [-0.1, -0.05) is 18.2 Å². The molecule has 2 saturated carbocycles. The highest BCUT2D eigenvalue weighted by atomic mass is 16.5. The second-order valence-corrected chi connectivity index (χ2v) is 9.10. The molecule has 0 bridgehead atoms. The van der Waals surface area contributed by atoms with Crippen LogP contribution < -0.4 is 10.1 Å². The number of nitriles is 1. The summed E-state index contributed by atoms with van der Waals surface area (Å²) in [6.45, 7) is 0.981. The summed E-state index contributed by atoms with van der Waals surface area (Å²) in [5.74, 6) is 3.27. The van der Waals surface area contributed by atoms with Crippen molar-refractivity contribution in [2.24, 2.45) is 5.92 Å². The number of rotatable bonds is 7. The van der Waals surface area contributed by atoms with Gasteiger partial charge in [0.1, 0.15) is 23.8 Å². The van der Waals surface area contributed by atoms with E-state index in [0.29, 0.717) is 29.1 Å². The van der Waals surface area contributed by atoms with Gasteiger partial charge in [-0.25, -0.2) is 4.98 Å². The number of nitrogens with zero attached hydrogens (tertiary/aromatic N) is 2. The fraction of sp³-hybridized carbons (Fsp3) is 0.407. The molecule has 0 aliphatic heterocycles. The standard InChI is InChI=1S/C27H29N3O2/c1-31-26-12-11-21(13-23(26)15-28)19-7-5-18(6-8-19)16-29-24-4-2-3-22(14-24)25-17-32-27(30-25)20-9-10-20/h2-4,11-14,17-20,29H,5-10,16H2,1H3/t18-,19-. The SMILES string of the molecule is COc1ccc([C@H]2CC[C@H](CNc3cccc(-c4coc(C5CC5)n4)c3)CC2)cc1C#N. The predicted octanol–water partition coefficient (Wildman–Crippen LogP) is 6.49. The molecule has 0 radical (unpaired) electrons. The zero-order valence-electron chi connectivity index (χ0n) is 18.5. The van der Waals surface area contributed by atoms with E-state index in [1.165, 1.54) is 31.2 Å². The summed E-state index contributed by atoms with van der Waals surface area (Å²) in [5, 5.41) is 13.0. The maximum atomic E-state index is 9.37. The van der Waals surface area contributed by atoms with Crippen molar-refractivity contribution < 1.29 is 9.15 Å². The Bertz CT molecular complexity index is 1120. The average molecular weight is 428 g/mol. The molecule has 3 aromatic rings. The Balaban J connectivity index is 1.15. The normalized spacial score (nSPS) is 20.5. The molecule has 2 aliphatic rings. The third-order valence-corrected chi connectivity index (χ3v) is 6.86. The molecule has 32 heavy (non-hydrogen) atoms. The summed E-state index contributed by atoms with van der Waals surface area (Å²) in [7, 11) is 1.61. The van der Waals surface area contributed by atoms with Crippen LogP contribution in [0.1, 0.15) is 67.4 Å². The van der Waals surface area contributed by atoms with Gasteiger partial charge < -0.3 is 14.5 Å². The Hall–Kier alpha value is -3.26. The highest BCUT2D eigenvalue weighted by Gasteiger charge is 2.28. The maximum Gasteiger partial charge on any atom is 0.197 e. The van der Waals surface area contributed by atoms with Gasteiger partial charge >= 0.3 is 0 Å². The number of aromatic nitrogens is 1. The van der Waals surface area contributed by atoms with Crippen LogP contribution in [0.2, 0.25) is 0 Å². The van der Waals surface area contributed by atoms with Crippen LogP contribution in [-0.2, 0) is 0 Å². The fourth-order valence-electron chi connectivity index (χ4n) is 4.76. The van der Waals surface area contributed by atoms with Crippen LogP contribution in [-0.4, -0.2) is 18.6 Å². The number of methoxy groups -OCH3 is 1. The molecule has 5 heteroatoms. The van der Waals surface area contributed by atoms with E-state index >= 15 is 0 Å². The van der Waals surface area contributed by atoms with Gasteiger partial charge in [-0.2, -0.15) is 5.26 Å². The van der Waals surface area contributed by atoms with E-state index in [1.807, 2.05) is 12.1 Å². The fourth-order valence-corrected chi connectivity index (χ4v) is 4.76. The Morgan fingerprint density at radius 3 is 2.62 bits per heavy atom. The molecule has 1 N–H and O–H groups in total. The highest BCUT2D eigenvalue weighted by molar-refractivity contribution is 5.64. The van der Waals surface area contributed by atoms with Crippen molar-refractivity contribution in [3.8, 4) is 23.1 Å². The van der Waals surface area contributed by atoms with Crippen LogP contribution in [0.5, 0.6) is 5.75 Å². The van der Waals surface area contributed by atoms with Crippen LogP contribution in [0.25, 0.3) is 11.3 Å². The molecular weight excluding hydrogens is 398 g/mol. The molecule has 2 aromatic carbocycles. The van der Waals surface area contributed by atoms with Crippen molar-refractivity contribution in [1.29, 1.82) is 5.26 Å². The molecule has 0 saturated heterocycles. The summed E-state index contributed by atoms with van der Waals surface area (Å²) < 4.78 is 10.9. The Morgan fingerprint density at radius 1 is 1.06 bits per heavy atom. The third-order valence-electron chi connectivity index (χ3n) is 6.86. The molecule has 1 aromatic heterocycles. The molecule has 2 aliphatic carbocycles. The molecule has 0 amide bonds. The molecule has 1 heterocycles. The number of nitrogens with one attached hydrogen (secondary N) is 1. The second-order valence-electron chi connectivity index (χ2n) is 9.10. The van der Waals surface area contributed by atoms with Crippen molar-refractivity contribution >= 4 is 5.69 Å². The first-order valence-corrected chi connectivity index (χ1v) is 11.6. The summed E-state index contributed by atoms with van der Waals surface area (Å²) in [6, 6.07) is 16.8. The van der Waals surface area contributed by atoms with Crippen LogP contribution in [0, 0.1) is 17.2 Å². The van der Waals surface area contributed by atoms with E-state index in [2.05, 4.69) is 46.7 Å². The minimum absolute atomic E-state index is 0.528. The van der Waals surface area contributed by atoms with Crippen LogP contribution >= 0.6 is 0 Å². The van der Waals surface area contributed by atoms with Crippen molar-refractivity contribution in [3.05, 3.63) is 65.7 Å². The van der Waals surface area contributed by atoms with Gasteiger partial charge in [0.05, 0.1) is 12.7 Å². The molecule has 2 fully saturated rings. The molecule has 0 spiro atoms. The lowest BCUT2D eigenvalue weighted by Gasteiger charge is -2.29. The lowest BCUT2D eigenvalue weighted by atomic mass is 9.78. The first-order valence-electron chi connectivity index (χ1n) is 11.6. The highest BCUT2D eigenvalue weighted by Crippen LogP contribution is 2.40. The number of benzene rings is 2. The van der Waals surface area contributed by atoms with E-state index in [9.17, 15) is 5.26 Å². The van der Waals surface area contributed by atoms with Gasteiger partial charge in [-0.05, 0) is 80.2 Å². The van der Waals surface area contributed by atoms with Gasteiger partial charge in [0, 0.05) is 23.7 Å². The van der Waals surface area contributed by atoms with Crippen molar-refractivity contribution in [1.82, 2.24) is 4.98 Å². The predicted molar refractivity (Wildman–Crippen MR) is 125 cm³/mol. The quantitative estimate of drug-likeness (QED) is 0.467. The van der Waals surface area contributed by atoms with Crippen LogP contribution in [0.4, 0.5) is 5.69 Å². The topological polar surface area (TPSA) is 71.1 Å². The van der Waals surface area contributed by atoms with Crippen molar-refractivity contribution in [3.63, 3.8) is 0 Å². The zero-order valence-corrected chi connectivity index (χ0v) is 18.5. The molecule has 0 unspecified atom stereocenters. The van der Waals surface area contributed by atoms with Crippen LogP contribution in [0.15, 0.2) is 53.1 Å². The largest absolute Gasteiger partial charge is 0.495 e. The van der Waals surface area contributed by atoms with Crippen molar-refractivity contribution in [2.75, 3.05) is 19.0 Å². The van der Waals surface area contributed by atoms with E-state index in [1.54, 1.807) is 13.4 Å². The maximum absolute atomic E-state index is 9.37. The van der Waals surface area contributed by atoms with E-state index in [-0.39, 0.29) is 0 Å². The first kappa shape index (κ1) is 20.6. The minimum atomic E-state index is 0.528. The van der Waals surface area contributed by atoms with Gasteiger partial charge in [0.2, 0.25) is 0 Å². The van der Waals surface area contributed by atoms with E-state index < -0.39 is 0 Å². The van der Waals surface area contributed by atoms with E-state index in [0.717, 1.165) is 42.2 Å². The minimum Gasteiger partial charge on any atom is -0.495 e. The molecular formula is C27H29N3O2. The number of anilines is 1.